The van der Waals surface area contributed by atoms with E-state index < -0.39 is 23.7 Å². The molecule has 0 atom stereocenters. The van der Waals surface area contributed by atoms with Gasteiger partial charge in [0.05, 0.1) is 18.7 Å². The van der Waals surface area contributed by atoms with E-state index >= 15 is 0 Å². The van der Waals surface area contributed by atoms with Gasteiger partial charge in [-0.3, -0.25) is 14.5 Å². The average Bonchev–Trinajstić information content (AvgIpc) is 2.99. The minimum Gasteiger partial charge on any atom is -0.337 e. The van der Waals surface area contributed by atoms with Gasteiger partial charge in [0.25, 0.3) is 5.91 Å². The molecule has 6 nitrogen and oxygen atoms in total. The van der Waals surface area contributed by atoms with Crippen molar-refractivity contribution in [2.24, 2.45) is 0 Å². The van der Waals surface area contributed by atoms with Crippen molar-refractivity contribution in [3.8, 4) is 0 Å². The first-order chi connectivity index (χ1) is 13.7. The monoisotopic (exact) mass is 405 g/mol. The molecule has 3 rings (SSSR count). The van der Waals surface area contributed by atoms with E-state index in [0.717, 1.165) is 11.0 Å². The van der Waals surface area contributed by atoms with Crippen molar-refractivity contribution in [2.75, 3.05) is 13.6 Å². The number of hydrogen-bond acceptors (Lipinski definition) is 3. The number of urea groups is 1. The van der Waals surface area contributed by atoms with Crippen molar-refractivity contribution in [1.29, 1.82) is 0 Å². The van der Waals surface area contributed by atoms with Gasteiger partial charge in [0.1, 0.15) is 0 Å². The van der Waals surface area contributed by atoms with Crippen LogP contribution in [0, 0.1) is 0 Å². The van der Waals surface area contributed by atoms with Crippen molar-refractivity contribution < 1.29 is 27.6 Å². The van der Waals surface area contributed by atoms with Crippen molar-refractivity contribution in [3.05, 3.63) is 70.8 Å². The zero-order valence-corrected chi connectivity index (χ0v) is 15.5. The molecule has 0 unspecified atom stereocenters. The molecular weight excluding hydrogens is 387 g/mol. The first-order valence-corrected chi connectivity index (χ1v) is 8.74. The number of halogens is 3. The van der Waals surface area contributed by atoms with Gasteiger partial charge in [-0.1, -0.05) is 30.3 Å². The van der Waals surface area contributed by atoms with Gasteiger partial charge < -0.3 is 10.2 Å². The second kappa shape index (κ2) is 7.94. The highest BCUT2D eigenvalue weighted by molar-refractivity contribution is 6.01. The third-order valence-electron chi connectivity index (χ3n) is 4.56. The van der Waals surface area contributed by atoms with Crippen LogP contribution in [0.2, 0.25) is 0 Å². The summed E-state index contributed by atoms with van der Waals surface area (Å²) in [6.07, 6.45) is -4.50. The molecule has 4 amide bonds. The Hall–Kier alpha value is -3.36. The van der Waals surface area contributed by atoms with Gasteiger partial charge in [0, 0.05) is 19.2 Å². The lowest BCUT2D eigenvalue weighted by molar-refractivity contribution is -0.138. The number of benzene rings is 2. The maximum atomic E-state index is 13.1. The maximum absolute atomic E-state index is 13.1. The van der Waals surface area contributed by atoms with E-state index in [0.29, 0.717) is 5.56 Å². The van der Waals surface area contributed by atoms with E-state index in [1.807, 2.05) is 0 Å². The predicted molar refractivity (Wildman–Crippen MR) is 97.6 cm³/mol. The third kappa shape index (κ3) is 4.56. The quantitative estimate of drug-likeness (QED) is 0.778. The van der Waals surface area contributed by atoms with Crippen molar-refractivity contribution >= 4 is 17.8 Å². The number of nitrogens with one attached hydrogen (secondary N) is 1. The van der Waals surface area contributed by atoms with E-state index in [4.69, 9.17) is 0 Å². The number of alkyl halides is 3. The van der Waals surface area contributed by atoms with Crippen molar-refractivity contribution in [1.82, 2.24) is 15.1 Å². The molecule has 2 aromatic carbocycles. The lowest BCUT2D eigenvalue weighted by Crippen LogP contribution is -2.30. The van der Waals surface area contributed by atoms with Gasteiger partial charge in [-0.25, -0.2) is 4.79 Å². The first kappa shape index (κ1) is 20.4. The second-order valence-corrected chi connectivity index (χ2v) is 6.65. The summed E-state index contributed by atoms with van der Waals surface area (Å²) in [5.41, 5.74) is 0.171. The molecule has 0 saturated carbocycles. The van der Waals surface area contributed by atoms with Crippen LogP contribution in [-0.4, -0.2) is 41.2 Å². The third-order valence-corrected chi connectivity index (χ3v) is 4.56. The van der Waals surface area contributed by atoms with E-state index in [-0.39, 0.29) is 36.7 Å². The number of carbonyl (C=O) groups excluding carboxylic acids is 3. The van der Waals surface area contributed by atoms with Gasteiger partial charge in [0.15, 0.2) is 0 Å². The van der Waals surface area contributed by atoms with Crippen molar-refractivity contribution in [2.45, 2.75) is 19.3 Å². The molecule has 0 aromatic heterocycles. The zero-order chi connectivity index (χ0) is 21.2. The van der Waals surface area contributed by atoms with Gasteiger partial charge >= 0.3 is 12.2 Å². The molecular formula is C20H18F3N3O3. The van der Waals surface area contributed by atoms with Crippen LogP contribution in [0.15, 0.2) is 48.5 Å². The molecule has 9 heteroatoms. The Labute approximate surface area is 164 Å². The topological polar surface area (TPSA) is 69.7 Å². The van der Waals surface area contributed by atoms with Crippen LogP contribution in [0.25, 0.3) is 0 Å². The zero-order valence-electron chi connectivity index (χ0n) is 15.5. The van der Waals surface area contributed by atoms with Crippen LogP contribution >= 0.6 is 0 Å². The summed E-state index contributed by atoms with van der Waals surface area (Å²) in [6, 6.07) is 10.9. The smallest absolute Gasteiger partial charge is 0.337 e. The molecule has 29 heavy (non-hydrogen) atoms. The number of hydrogen-bond donors (Lipinski definition) is 1. The standard InChI is InChI=1S/C20H18F3N3O3/c1-25(12-15-4-2-3-5-16(15)20(21,22)23)18(28)14-8-6-13(7-9-14)11-26-17(27)10-24-19(26)29/h2-9H,10-12H2,1H3,(H,24,29). The molecule has 152 valence electrons. The largest absolute Gasteiger partial charge is 0.416 e. The van der Waals surface area contributed by atoms with E-state index in [2.05, 4.69) is 5.32 Å². The normalized spacial score (nSPS) is 14.1. The number of amides is 4. The highest BCUT2D eigenvalue weighted by Gasteiger charge is 2.33. The number of carbonyl (C=O) groups is 3. The van der Waals surface area contributed by atoms with E-state index in [1.165, 1.54) is 42.3 Å². The fraction of sp³-hybridized carbons (Fsp3) is 0.250. The first-order valence-electron chi connectivity index (χ1n) is 8.74. The Kier molecular flexibility index (Phi) is 5.58. The lowest BCUT2D eigenvalue weighted by Gasteiger charge is -2.20. The molecule has 1 N–H and O–H groups in total. The molecule has 0 spiro atoms. The van der Waals surface area contributed by atoms with E-state index in [1.54, 1.807) is 12.1 Å². The summed E-state index contributed by atoms with van der Waals surface area (Å²) in [7, 11) is 1.43. The molecule has 0 radical (unpaired) electrons. The predicted octanol–water partition coefficient (Wildman–Crippen LogP) is 3.03. The Bertz CT molecular complexity index is 926. The highest BCUT2D eigenvalue weighted by atomic mass is 19.4. The average molecular weight is 405 g/mol. The van der Waals surface area contributed by atoms with Gasteiger partial charge in [0.2, 0.25) is 5.91 Å². The summed E-state index contributed by atoms with van der Waals surface area (Å²) in [5.74, 6) is -0.776. The molecule has 1 fully saturated rings. The highest BCUT2D eigenvalue weighted by Crippen LogP contribution is 2.32. The molecule has 2 aromatic rings. The van der Waals surface area contributed by atoms with Crippen molar-refractivity contribution in [3.63, 3.8) is 0 Å². The summed E-state index contributed by atoms with van der Waals surface area (Å²) >= 11 is 0. The molecule has 0 aliphatic carbocycles. The van der Waals surface area contributed by atoms with Gasteiger partial charge in [-0.15, -0.1) is 0 Å². The Balaban J connectivity index is 1.69. The van der Waals surface area contributed by atoms with Gasteiger partial charge in [-0.2, -0.15) is 13.2 Å². The lowest BCUT2D eigenvalue weighted by atomic mass is 10.1. The molecule has 1 saturated heterocycles. The molecule has 0 bridgehead atoms. The molecule has 1 aliphatic rings. The Morgan fingerprint density at radius 2 is 1.76 bits per heavy atom. The maximum Gasteiger partial charge on any atom is 0.416 e. The number of imide groups is 1. The van der Waals surface area contributed by atoms with Crippen LogP contribution in [0.3, 0.4) is 0 Å². The fourth-order valence-electron chi connectivity index (χ4n) is 3.03. The second-order valence-electron chi connectivity index (χ2n) is 6.65. The van der Waals surface area contributed by atoms with Crippen LogP contribution in [-0.2, 0) is 24.1 Å². The number of nitrogens with zero attached hydrogens (tertiary/aromatic N) is 2. The summed E-state index contributed by atoms with van der Waals surface area (Å²) in [5, 5.41) is 2.42. The van der Waals surface area contributed by atoms with Crippen LogP contribution in [0.4, 0.5) is 18.0 Å². The fourth-order valence-corrected chi connectivity index (χ4v) is 3.03. The Morgan fingerprint density at radius 1 is 1.10 bits per heavy atom. The minimum absolute atomic E-state index is 0.00558. The summed E-state index contributed by atoms with van der Waals surface area (Å²) in [4.78, 5) is 38.1. The summed E-state index contributed by atoms with van der Waals surface area (Å²) in [6.45, 7) is -0.160. The Morgan fingerprint density at radius 3 is 2.34 bits per heavy atom. The van der Waals surface area contributed by atoms with E-state index in [9.17, 15) is 27.6 Å². The van der Waals surface area contributed by atoms with Crippen LogP contribution in [0.5, 0.6) is 0 Å². The van der Waals surface area contributed by atoms with Crippen LogP contribution < -0.4 is 5.32 Å². The molecule has 1 aliphatic heterocycles. The SMILES string of the molecule is CN(Cc1ccccc1C(F)(F)F)C(=O)c1ccc(CN2C(=O)CNC2=O)cc1. The van der Waals surface area contributed by atoms with Gasteiger partial charge in [-0.05, 0) is 29.3 Å². The van der Waals surface area contributed by atoms with Crippen LogP contribution in [0.1, 0.15) is 27.0 Å². The summed E-state index contributed by atoms with van der Waals surface area (Å²) < 4.78 is 39.4. The number of rotatable bonds is 5. The minimum atomic E-state index is -4.50. The molecule has 1 heterocycles.